The van der Waals surface area contributed by atoms with Crippen LogP contribution in [0.1, 0.15) is 33.9 Å². The van der Waals surface area contributed by atoms with Gasteiger partial charge in [-0.15, -0.1) is 0 Å². The molecule has 4 heterocycles. The molecule has 2 fully saturated rings. The zero-order valence-corrected chi connectivity index (χ0v) is 14.1. The third-order valence-electron chi connectivity index (χ3n) is 4.78. The molecule has 2 aromatic heterocycles. The van der Waals surface area contributed by atoms with Crippen LogP contribution in [0.25, 0.3) is 11.0 Å². The summed E-state index contributed by atoms with van der Waals surface area (Å²) in [6, 6.07) is 1.85. The van der Waals surface area contributed by atoms with Crippen molar-refractivity contribution in [2.45, 2.75) is 63.6 Å². The minimum atomic E-state index is -0.767. The molecule has 24 heavy (non-hydrogen) atoms. The Morgan fingerprint density at radius 1 is 1.33 bits per heavy atom. The predicted octanol–water partition coefficient (Wildman–Crippen LogP) is 1.20. The highest BCUT2D eigenvalue weighted by molar-refractivity contribution is 5.86. The lowest BCUT2D eigenvalue weighted by Gasteiger charge is -2.30. The number of hydrogen-bond acceptors (Lipinski definition) is 7. The summed E-state index contributed by atoms with van der Waals surface area (Å²) in [4.78, 5) is 8.35. The maximum absolute atomic E-state index is 10.1. The number of nitrogens with zero attached hydrogens (tertiary/aromatic N) is 3. The number of fused-ring (bicyclic) bond motifs is 2. The topological polar surface area (TPSA) is 105 Å². The third kappa shape index (κ3) is 2.07. The van der Waals surface area contributed by atoms with Crippen LogP contribution in [0.3, 0.4) is 0 Å². The van der Waals surface area contributed by atoms with E-state index in [1.807, 2.05) is 37.6 Å². The van der Waals surface area contributed by atoms with Gasteiger partial charge in [0.25, 0.3) is 0 Å². The van der Waals surface area contributed by atoms with Gasteiger partial charge in [0.2, 0.25) is 0 Å². The van der Waals surface area contributed by atoms with Crippen LogP contribution in [0, 0.1) is 0 Å². The maximum Gasteiger partial charge on any atom is 0.167 e. The number of nitrogen functional groups attached to an aromatic ring is 1. The van der Waals surface area contributed by atoms with Crippen LogP contribution >= 0.6 is 0 Å². The zero-order chi connectivity index (χ0) is 17.3. The average molecular weight is 334 g/mol. The molecule has 0 aliphatic carbocycles. The van der Waals surface area contributed by atoms with Crippen molar-refractivity contribution < 1.29 is 19.3 Å². The summed E-state index contributed by atoms with van der Waals surface area (Å²) >= 11 is 0. The Balaban J connectivity index is 1.83. The summed E-state index contributed by atoms with van der Waals surface area (Å²) in [5, 5.41) is 10.9. The first-order chi connectivity index (χ1) is 11.2. The van der Waals surface area contributed by atoms with Gasteiger partial charge in [0, 0.05) is 6.20 Å². The molecule has 2 aromatic rings. The number of nitrogens with two attached hydrogens (primary N) is 1. The van der Waals surface area contributed by atoms with Crippen LogP contribution in [0.5, 0.6) is 0 Å². The van der Waals surface area contributed by atoms with Crippen molar-refractivity contribution in [1.82, 2.24) is 14.5 Å². The Morgan fingerprint density at radius 2 is 2.08 bits per heavy atom. The van der Waals surface area contributed by atoms with E-state index >= 15 is 0 Å². The summed E-state index contributed by atoms with van der Waals surface area (Å²) < 4.78 is 20.2. The summed E-state index contributed by atoms with van der Waals surface area (Å²) in [5.74, 6) is -0.347. The normalized spacial score (nSPS) is 36.1. The Hall–Kier alpha value is -1.74. The predicted molar refractivity (Wildman–Crippen MR) is 86.0 cm³/mol. The summed E-state index contributed by atoms with van der Waals surface area (Å²) in [6.07, 6.45) is 1.17. The molecule has 4 rings (SSSR count). The van der Waals surface area contributed by atoms with E-state index in [1.54, 1.807) is 6.92 Å². The molecule has 5 atom stereocenters. The van der Waals surface area contributed by atoms with E-state index in [0.29, 0.717) is 11.5 Å². The number of ether oxygens (including phenoxy) is 3. The van der Waals surface area contributed by atoms with Crippen LogP contribution < -0.4 is 5.73 Å². The van der Waals surface area contributed by atoms with Gasteiger partial charge >= 0.3 is 0 Å². The number of aromatic nitrogens is 3. The van der Waals surface area contributed by atoms with Crippen molar-refractivity contribution >= 4 is 16.9 Å². The lowest BCUT2D eigenvalue weighted by atomic mass is 9.94. The van der Waals surface area contributed by atoms with E-state index in [2.05, 4.69) is 9.97 Å². The van der Waals surface area contributed by atoms with Crippen LogP contribution in [0.15, 0.2) is 18.6 Å². The molecular weight excluding hydrogens is 312 g/mol. The summed E-state index contributed by atoms with van der Waals surface area (Å²) in [5.41, 5.74) is 5.82. The average Bonchev–Trinajstić information content (AvgIpc) is 3.07. The molecule has 0 radical (unpaired) electrons. The largest absolute Gasteiger partial charge is 0.391 e. The minimum absolute atomic E-state index is 0.394. The lowest BCUT2D eigenvalue weighted by Crippen LogP contribution is -2.43. The molecule has 2 aliphatic rings. The van der Waals surface area contributed by atoms with E-state index < -0.39 is 35.9 Å². The first-order valence-electron chi connectivity index (χ1n) is 8.01. The van der Waals surface area contributed by atoms with E-state index in [9.17, 15) is 5.11 Å². The number of anilines is 1. The van der Waals surface area contributed by atoms with Gasteiger partial charge in [-0.05, 0) is 33.8 Å². The zero-order valence-electron chi connectivity index (χ0n) is 14.1. The van der Waals surface area contributed by atoms with Crippen molar-refractivity contribution in [3.05, 3.63) is 18.6 Å². The van der Waals surface area contributed by atoms with Crippen LogP contribution in [-0.4, -0.2) is 49.3 Å². The van der Waals surface area contributed by atoms with Gasteiger partial charge in [-0.1, -0.05) is 0 Å². The lowest BCUT2D eigenvalue weighted by molar-refractivity contribution is -0.221. The van der Waals surface area contributed by atoms with E-state index in [4.69, 9.17) is 19.9 Å². The monoisotopic (exact) mass is 334 g/mol. The Kier molecular flexibility index (Phi) is 3.21. The highest BCUT2D eigenvalue weighted by Crippen LogP contribution is 2.52. The number of aliphatic hydroxyl groups is 1. The highest BCUT2D eigenvalue weighted by Gasteiger charge is 2.65. The molecule has 0 bridgehead atoms. The van der Waals surface area contributed by atoms with Gasteiger partial charge in [0.15, 0.2) is 12.0 Å². The molecule has 2 aliphatic heterocycles. The molecule has 0 amide bonds. The smallest absolute Gasteiger partial charge is 0.167 e. The van der Waals surface area contributed by atoms with Crippen molar-refractivity contribution in [3.8, 4) is 0 Å². The van der Waals surface area contributed by atoms with E-state index in [1.165, 1.54) is 6.33 Å². The van der Waals surface area contributed by atoms with Crippen LogP contribution in [-0.2, 0) is 14.2 Å². The molecule has 2 saturated heterocycles. The molecular formula is C16H22N4O4. The van der Waals surface area contributed by atoms with Crippen LogP contribution in [0.4, 0.5) is 5.82 Å². The second-order valence-electron chi connectivity index (χ2n) is 7.14. The Morgan fingerprint density at radius 3 is 2.79 bits per heavy atom. The van der Waals surface area contributed by atoms with Gasteiger partial charge in [-0.3, -0.25) is 0 Å². The minimum Gasteiger partial charge on any atom is -0.391 e. The summed E-state index contributed by atoms with van der Waals surface area (Å²) in [6.45, 7) is 7.35. The molecule has 0 spiro atoms. The molecule has 8 heteroatoms. The number of aliphatic hydroxyl groups excluding tert-OH is 1. The van der Waals surface area contributed by atoms with Gasteiger partial charge in [0.1, 0.15) is 35.6 Å². The SMILES string of the molecule is CC(O)[C@H]1O[C@@H](n2ccc3c(N)ncnc32)[C@]2(C)OC(C)(C)O[C@H]12. The first-order valence-corrected chi connectivity index (χ1v) is 8.01. The van der Waals surface area contributed by atoms with Gasteiger partial charge < -0.3 is 29.6 Å². The molecule has 0 aromatic carbocycles. The fraction of sp³-hybridized carbons (Fsp3) is 0.625. The Labute approximate surface area is 139 Å². The van der Waals surface area contributed by atoms with Gasteiger partial charge in [-0.2, -0.15) is 0 Å². The third-order valence-corrected chi connectivity index (χ3v) is 4.78. The highest BCUT2D eigenvalue weighted by atomic mass is 16.8. The van der Waals surface area contributed by atoms with Gasteiger partial charge in [0.05, 0.1) is 11.5 Å². The fourth-order valence-electron chi connectivity index (χ4n) is 3.86. The molecule has 0 saturated carbocycles. The quantitative estimate of drug-likeness (QED) is 0.850. The van der Waals surface area contributed by atoms with Crippen molar-refractivity contribution in [1.29, 1.82) is 0 Å². The van der Waals surface area contributed by atoms with Crippen molar-refractivity contribution in [2.75, 3.05) is 5.73 Å². The summed E-state index contributed by atoms with van der Waals surface area (Å²) in [7, 11) is 0. The van der Waals surface area contributed by atoms with Crippen molar-refractivity contribution in [2.24, 2.45) is 0 Å². The number of hydrogen-bond donors (Lipinski definition) is 2. The maximum atomic E-state index is 10.1. The van der Waals surface area contributed by atoms with Crippen molar-refractivity contribution in [3.63, 3.8) is 0 Å². The standard InChI is InChI=1S/C16H22N4O4/c1-8(21)10-11-16(4,24-15(2,3)23-11)14(22-10)20-6-5-9-12(17)18-7-19-13(9)20/h5-8,10-11,14,21H,1-4H3,(H2,17,18,19)/t8?,10-,11-,14-,16-/m1/s1. The van der Waals surface area contributed by atoms with Gasteiger partial charge in [-0.25, -0.2) is 9.97 Å². The second kappa shape index (κ2) is 4.89. The fourth-order valence-corrected chi connectivity index (χ4v) is 3.86. The first kappa shape index (κ1) is 15.8. The Bertz CT molecular complexity index is 789. The molecule has 3 N–H and O–H groups in total. The molecule has 1 unspecified atom stereocenters. The molecule has 8 nitrogen and oxygen atoms in total. The van der Waals surface area contributed by atoms with E-state index in [0.717, 1.165) is 5.39 Å². The van der Waals surface area contributed by atoms with E-state index in [-0.39, 0.29) is 0 Å². The second-order valence-corrected chi connectivity index (χ2v) is 7.14. The molecule has 130 valence electrons. The number of rotatable bonds is 2. The van der Waals surface area contributed by atoms with Crippen LogP contribution in [0.2, 0.25) is 0 Å².